The third kappa shape index (κ3) is 37.5. The first-order valence-electron chi connectivity index (χ1n) is 21.2. The van der Waals surface area contributed by atoms with Crippen LogP contribution >= 0.6 is 0 Å². The van der Waals surface area contributed by atoms with Crippen LogP contribution in [-0.4, -0.2) is 37.2 Å². The quantitative estimate of drug-likeness (QED) is 0.0366. The molecule has 6 nitrogen and oxygen atoms in total. The molecule has 290 valence electrons. The van der Waals surface area contributed by atoms with Gasteiger partial charge in [0.15, 0.2) is 6.10 Å². The minimum Gasteiger partial charge on any atom is -0.462 e. The molecule has 0 heterocycles. The summed E-state index contributed by atoms with van der Waals surface area (Å²) in [4.78, 5) is 37.5. The molecule has 49 heavy (non-hydrogen) atoms. The van der Waals surface area contributed by atoms with Crippen LogP contribution in [0, 0.1) is 11.8 Å². The van der Waals surface area contributed by atoms with Crippen LogP contribution in [0.15, 0.2) is 0 Å². The molecule has 0 aliphatic carbocycles. The maximum absolute atomic E-state index is 12.7. The number of carbonyl (C=O) groups is 3. The second-order valence-electron chi connectivity index (χ2n) is 15.6. The van der Waals surface area contributed by atoms with Crippen molar-refractivity contribution >= 4 is 17.9 Å². The summed E-state index contributed by atoms with van der Waals surface area (Å²) >= 11 is 0. The van der Waals surface area contributed by atoms with Gasteiger partial charge in [-0.2, -0.15) is 0 Å². The zero-order valence-electron chi connectivity index (χ0n) is 33.3. The number of unbranched alkanes of at least 4 members (excludes halogenated alkanes) is 22. The van der Waals surface area contributed by atoms with Crippen molar-refractivity contribution in [2.45, 2.75) is 233 Å². The van der Waals surface area contributed by atoms with E-state index in [0.29, 0.717) is 19.3 Å². The summed E-state index contributed by atoms with van der Waals surface area (Å²) < 4.78 is 16.6. The Bertz CT molecular complexity index is 749. The summed E-state index contributed by atoms with van der Waals surface area (Å²) in [5, 5.41) is 0. The van der Waals surface area contributed by atoms with Crippen molar-refractivity contribution in [2.24, 2.45) is 11.8 Å². The van der Waals surface area contributed by atoms with Gasteiger partial charge in [0.05, 0.1) is 0 Å². The number of esters is 3. The lowest BCUT2D eigenvalue weighted by Gasteiger charge is -2.18. The fourth-order valence-electron chi connectivity index (χ4n) is 6.22. The molecule has 0 aliphatic heterocycles. The Morgan fingerprint density at radius 1 is 0.388 bits per heavy atom. The molecular weight excluding hydrogens is 612 g/mol. The SMILES string of the molecule is CCCCCCCCCCCC(=O)OC[C@H](COC(=O)CCCCCCCCC(C)C)OC(=O)CCCCCCCCCCCCC(C)C. The van der Waals surface area contributed by atoms with Crippen LogP contribution in [0.25, 0.3) is 0 Å². The summed E-state index contributed by atoms with van der Waals surface area (Å²) in [6.07, 6.45) is 32.4. The molecule has 0 saturated carbocycles. The third-order valence-electron chi connectivity index (χ3n) is 9.47. The van der Waals surface area contributed by atoms with E-state index in [1.165, 1.54) is 116 Å². The van der Waals surface area contributed by atoms with E-state index in [1.807, 2.05) is 0 Å². The van der Waals surface area contributed by atoms with Gasteiger partial charge < -0.3 is 14.2 Å². The van der Waals surface area contributed by atoms with Gasteiger partial charge in [0, 0.05) is 19.3 Å². The summed E-state index contributed by atoms with van der Waals surface area (Å²) in [6, 6.07) is 0. The van der Waals surface area contributed by atoms with Crippen molar-refractivity contribution in [3.8, 4) is 0 Å². The van der Waals surface area contributed by atoms with Crippen LogP contribution in [0.3, 0.4) is 0 Å². The monoisotopic (exact) mass is 695 g/mol. The van der Waals surface area contributed by atoms with Crippen molar-refractivity contribution in [1.29, 1.82) is 0 Å². The van der Waals surface area contributed by atoms with Crippen LogP contribution < -0.4 is 0 Å². The molecular formula is C43H82O6. The molecule has 6 heteroatoms. The van der Waals surface area contributed by atoms with Gasteiger partial charge in [-0.3, -0.25) is 14.4 Å². The van der Waals surface area contributed by atoms with Gasteiger partial charge in [-0.1, -0.05) is 189 Å². The fourth-order valence-corrected chi connectivity index (χ4v) is 6.22. The number of rotatable bonds is 37. The lowest BCUT2D eigenvalue weighted by molar-refractivity contribution is -0.167. The van der Waals surface area contributed by atoms with E-state index in [0.717, 1.165) is 69.6 Å². The minimum atomic E-state index is -0.759. The van der Waals surface area contributed by atoms with Crippen molar-refractivity contribution < 1.29 is 28.6 Å². The third-order valence-corrected chi connectivity index (χ3v) is 9.47. The highest BCUT2D eigenvalue weighted by atomic mass is 16.6. The second-order valence-corrected chi connectivity index (χ2v) is 15.6. The van der Waals surface area contributed by atoms with Gasteiger partial charge in [0.1, 0.15) is 13.2 Å². The Morgan fingerprint density at radius 3 is 1.00 bits per heavy atom. The van der Waals surface area contributed by atoms with Crippen molar-refractivity contribution in [3.63, 3.8) is 0 Å². The van der Waals surface area contributed by atoms with Crippen molar-refractivity contribution in [3.05, 3.63) is 0 Å². The highest BCUT2D eigenvalue weighted by molar-refractivity contribution is 5.71. The number of hydrogen-bond acceptors (Lipinski definition) is 6. The van der Waals surface area contributed by atoms with E-state index >= 15 is 0 Å². The average Bonchev–Trinajstić information content (AvgIpc) is 3.06. The van der Waals surface area contributed by atoms with Gasteiger partial charge in [0.25, 0.3) is 0 Å². The molecule has 0 rings (SSSR count). The zero-order chi connectivity index (χ0) is 36.2. The first kappa shape index (κ1) is 47.4. The Morgan fingerprint density at radius 2 is 0.673 bits per heavy atom. The molecule has 1 atom stereocenters. The molecule has 0 radical (unpaired) electrons. The van der Waals surface area contributed by atoms with Crippen molar-refractivity contribution in [2.75, 3.05) is 13.2 Å². The molecule has 0 aromatic heterocycles. The molecule has 0 fully saturated rings. The van der Waals surface area contributed by atoms with Crippen LogP contribution in [0.5, 0.6) is 0 Å². The molecule has 0 saturated heterocycles. The molecule has 0 N–H and O–H groups in total. The Hall–Kier alpha value is -1.59. The maximum atomic E-state index is 12.7. The molecule has 0 unspecified atom stereocenters. The Kier molecular flexibility index (Phi) is 35.0. The van der Waals surface area contributed by atoms with Gasteiger partial charge >= 0.3 is 17.9 Å². The molecule has 0 spiro atoms. The largest absolute Gasteiger partial charge is 0.462 e. The fraction of sp³-hybridized carbons (Fsp3) is 0.930. The minimum absolute atomic E-state index is 0.0663. The lowest BCUT2D eigenvalue weighted by atomic mass is 10.0. The Balaban J connectivity index is 4.34. The standard InChI is InChI=1S/C43H82O6/c1-6-7-8-9-10-13-17-23-28-33-41(44)47-36-40(37-48-42(45)34-29-24-20-19-22-27-32-39(4)5)49-43(46)35-30-25-18-15-12-11-14-16-21-26-31-38(2)3/h38-40H,6-37H2,1-5H3/t40-/m1/s1. The van der Waals surface area contributed by atoms with Crippen molar-refractivity contribution in [1.82, 2.24) is 0 Å². The van der Waals surface area contributed by atoms with Crippen LogP contribution in [0.4, 0.5) is 0 Å². The van der Waals surface area contributed by atoms with E-state index in [2.05, 4.69) is 34.6 Å². The van der Waals surface area contributed by atoms with Gasteiger partial charge in [-0.15, -0.1) is 0 Å². The van der Waals surface area contributed by atoms with E-state index in [4.69, 9.17) is 14.2 Å². The number of ether oxygens (including phenoxy) is 3. The summed E-state index contributed by atoms with van der Waals surface area (Å²) in [5.41, 5.74) is 0. The molecule has 0 bridgehead atoms. The van der Waals surface area contributed by atoms with E-state index < -0.39 is 6.10 Å². The number of carbonyl (C=O) groups excluding carboxylic acids is 3. The highest BCUT2D eigenvalue weighted by Crippen LogP contribution is 2.16. The predicted octanol–water partition coefficient (Wildman–Crippen LogP) is 13.0. The van der Waals surface area contributed by atoms with Gasteiger partial charge in [-0.05, 0) is 31.1 Å². The summed E-state index contributed by atoms with van der Waals surface area (Å²) in [7, 11) is 0. The lowest BCUT2D eigenvalue weighted by Crippen LogP contribution is -2.30. The second kappa shape index (κ2) is 36.2. The maximum Gasteiger partial charge on any atom is 0.306 e. The average molecular weight is 695 g/mol. The van der Waals surface area contributed by atoms with Crippen LogP contribution in [-0.2, 0) is 28.6 Å². The molecule has 0 aliphatic rings. The normalized spacial score (nSPS) is 12.1. The zero-order valence-corrected chi connectivity index (χ0v) is 33.3. The Labute approximate surface area is 304 Å². The highest BCUT2D eigenvalue weighted by Gasteiger charge is 2.19. The van der Waals surface area contributed by atoms with E-state index in [-0.39, 0.29) is 31.1 Å². The smallest absolute Gasteiger partial charge is 0.306 e. The van der Waals surface area contributed by atoms with Gasteiger partial charge in [0.2, 0.25) is 0 Å². The summed E-state index contributed by atoms with van der Waals surface area (Å²) in [5.74, 6) is 0.711. The first-order valence-corrected chi connectivity index (χ1v) is 21.2. The van der Waals surface area contributed by atoms with E-state index in [9.17, 15) is 14.4 Å². The van der Waals surface area contributed by atoms with Crippen LogP contribution in [0.2, 0.25) is 0 Å². The topological polar surface area (TPSA) is 78.9 Å². The molecule has 0 aromatic carbocycles. The van der Waals surface area contributed by atoms with E-state index in [1.54, 1.807) is 0 Å². The van der Waals surface area contributed by atoms with Crippen LogP contribution in [0.1, 0.15) is 227 Å². The molecule has 0 aromatic rings. The first-order chi connectivity index (χ1) is 23.7. The number of hydrogen-bond donors (Lipinski definition) is 0. The summed E-state index contributed by atoms with van der Waals surface area (Å²) in [6.45, 7) is 11.2. The van der Waals surface area contributed by atoms with Gasteiger partial charge in [-0.25, -0.2) is 0 Å². The predicted molar refractivity (Wildman–Crippen MR) is 206 cm³/mol. The molecule has 0 amide bonds.